The van der Waals surface area contributed by atoms with E-state index in [4.69, 9.17) is 9.47 Å². The number of ether oxygens (including phenoxy) is 2. The first-order valence-corrected chi connectivity index (χ1v) is 6.91. The summed E-state index contributed by atoms with van der Waals surface area (Å²) < 4.78 is 10.9. The van der Waals surface area contributed by atoms with E-state index in [0.29, 0.717) is 0 Å². The highest BCUT2D eigenvalue weighted by atomic mass is 16.6. The SMILES string of the molecule is CC(C)OCC(C)(CO)C(=O)OC1CCCCC1. The molecular weight excluding hydrogens is 232 g/mol. The van der Waals surface area contributed by atoms with Crippen LogP contribution in [-0.4, -0.2) is 36.5 Å². The van der Waals surface area contributed by atoms with Gasteiger partial charge in [0, 0.05) is 0 Å². The third-order valence-electron chi connectivity index (χ3n) is 3.40. The molecule has 0 spiro atoms. The molecule has 1 atom stereocenters. The fraction of sp³-hybridized carbons (Fsp3) is 0.929. The molecule has 4 nitrogen and oxygen atoms in total. The fourth-order valence-electron chi connectivity index (χ4n) is 2.00. The van der Waals surface area contributed by atoms with Gasteiger partial charge in [0.1, 0.15) is 11.5 Å². The summed E-state index contributed by atoms with van der Waals surface area (Å²) in [7, 11) is 0. The van der Waals surface area contributed by atoms with Crippen molar-refractivity contribution in [2.75, 3.05) is 13.2 Å². The molecule has 0 radical (unpaired) electrons. The monoisotopic (exact) mass is 258 g/mol. The molecule has 0 heterocycles. The number of aliphatic hydroxyl groups excluding tert-OH is 1. The molecule has 0 amide bonds. The lowest BCUT2D eigenvalue weighted by Gasteiger charge is -2.30. The molecule has 1 aliphatic rings. The van der Waals surface area contributed by atoms with Gasteiger partial charge in [-0.25, -0.2) is 0 Å². The van der Waals surface area contributed by atoms with Crippen molar-refractivity contribution < 1.29 is 19.4 Å². The summed E-state index contributed by atoms with van der Waals surface area (Å²) in [5.74, 6) is -0.336. The highest BCUT2D eigenvalue weighted by molar-refractivity contribution is 5.76. The molecule has 1 unspecified atom stereocenters. The van der Waals surface area contributed by atoms with Crippen molar-refractivity contribution >= 4 is 5.97 Å². The van der Waals surface area contributed by atoms with Gasteiger partial charge < -0.3 is 14.6 Å². The van der Waals surface area contributed by atoms with Gasteiger partial charge in [0.05, 0.1) is 19.3 Å². The molecule has 0 aliphatic heterocycles. The molecule has 0 saturated heterocycles. The van der Waals surface area contributed by atoms with Crippen molar-refractivity contribution in [2.45, 2.75) is 65.1 Å². The molecule has 18 heavy (non-hydrogen) atoms. The average Bonchev–Trinajstić information content (AvgIpc) is 2.37. The number of hydrogen-bond acceptors (Lipinski definition) is 4. The number of aliphatic hydroxyl groups is 1. The van der Waals surface area contributed by atoms with Gasteiger partial charge in [-0.1, -0.05) is 6.42 Å². The van der Waals surface area contributed by atoms with Gasteiger partial charge in [0.25, 0.3) is 0 Å². The summed E-state index contributed by atoms with van der Waals surface area (Å²) in [5, 5.41) is 9.42. The number of carbonyl (C=O) groups is 1. The van der Waals surface area contributed by atoms with Crippen molar-refractivity contribution in [2.24, 2.45) is 5.41 Å². The van der Waals surface area contributed by atoms with Gasteiger partial charge in [-0.3, -0.25) is 4.79 Å². The van der Waals surface area contributed by atoms with E-state index >= 15 is 0 Å². The summed E-state index contributed by atoms with van der Waals surface area (Å²) in [5.41, 5.74) is -0.943. The van der Waals surface area contributed by atoms with E-state index in [-0.39, 0.29) is 31.4 Å². The molecule has 0 aromatic carbocycles. The lowest BCUT2D eigenvalue weighted by Crippen LogP contribution is -2.40. The van der Waals surface area contributed by atoms with Crippen LogP contribution in [-0.2, 0) is 14.3 Å². The summed E-state index contributed by atoms with van der Waals surface area (Å²) in [4.78, 5) is 12.1. The second-order valence-electron chi connectivity index (χ2n) is 5.74. The van der Waals surface area contributed by atoms with Crippen molar-refractivity contribution in [1.82, 2.24) is 0 Å². The summed E-state index contributed by atoms with van der Waals surface area (Å²) >= 11 is 0. The highest BCUT2D eigenvalue weighted by Crippen LogP contribution is 2.25. The van der Waals surface area contributed by atoms with Crippen LogP contribution in [0.1, 0.15) is 52.9 Å². The van der Waals surface area contributed by atoms with E-state index in [0.717, 1.165) is 25.7 Å². The van der Waals surface area contributed by atoms with E-state index in [2.05, 4.69) is 0 Å². The molecule has 1 fully saturated rings. The Kier molecular flexibility index (Phi) is 6.09. The predicted molar refractivity (Wildman–Crippen MR) is 69.2 cm³/mol. The summed E-state index contributed by atoms with van der Waals surface area (Å²) in [6.07, 6.45) is 5.42. The molecule has 1 aliphatic carbocycles. The molecule has 106 valence electrons. The Bertz CT molecular complexity index is 259. The topological polar surface area (TPSA) is 55.8 Å². The minimum atomic E-state index is -0.943. The predicted octanol–water partition coefficient (Wildman–Crippen LogP) is 2.29. The van der Waals surface area contributed by atoms with Gasteiger partial charge >= 0.3 is 5.97 Å². The number of rotatable bonds is 6. The standard InChI is InChI=1S/C14H26O4/c1-11(2)17-10-14(3,9-15)13(16)18-12-7-5-4-6-8-12/h11-12,15H,4-10H2,1-3H3. The van der Waals surface area contributed by atoms with E-state index in [1.165, 1.54) is 6.42 Å². The highest BCUT2D eigenvalue weighted by Gasteiger charge is 2.36. The van der Waals surface area contributed by atoms with Crippen molar-refractivity contribution in [3.05, 3.63) is 0 Å². The molecule has 0 bridgehead atoms. The van der Waals surface area contributed by atoms with E-state index in [1.54, 1.807) is 6.92 Å². The van der Waals surface area contributed by atoms with Gasteiger partial charge in [0.2, 0.25) is 0 Å². The zero-order chi connectivity index (χ0) is 13.6. The van der Waals surface area contributed by atoms with Gasteiger partial charge in [-0.15, -0.1) is 0 Å². The molecule has 0 aromatic heterocycles. The second-order valence-corrected chi connectivity index (χ2v) is 5.74. The lowest BCUT2D eigenvalue weighted by atomic mass is 9.92. The van der Waals surface area contributed by atoms with Crippen molar-refractivity contribution in [1.29, 1.82) is 0 Å². The first kappa shape index (κ1) is 15.4. The third-order valence-corrected chi connectivity index (χ3v) is 3.40. The minimum absolute atomic E-state index is 0.0242. The Morgan fingerprint density at radius 3 is 2.44 bits per heavy atom. The number of hydrogen-bond donors (Lipinski definition) is 1. The zero-order valence-corrected chi connectivity index (χ0v) is 11.8. The van der Waals surface area contributed by atoms with Gasteiger partial charge in [-0.05, 0) is 46.5 Å². The Morgan fingerprint density at radius 2 is 1.94 bits per heavy atom. The minimum Gasteiger partial charge on any atom is -0.462 e. The van der Waals surface area contributed by atoms with Crippen LogP contribution in [0, 0.1) is 5.41 Å². The first-order valence-electron chi connectivity index (χ1n) is 6.91. The van der Waals surface area contributed by atoms with E-state index in [9.17, 15) is 9.90 Å². The van der Waals surface area contributed by atoms with Crippen LogP contribution >= 0.6 is 0 Å². The fourth-order valence-corrected chi connectivity index (χ4v) is 2.00. The third kappa shape index (κ3) is 4.58. The van der Waals surface area contributed by atoms with Crippen LogP contribution in [0.2, 0.25) is 0 Å². The second kappa shape index (κ2) is 7.10. The molecule has 4 heteroatoms. The van der Waals surface area contributed by atoms with Crippen molar-refractivity contribution in [3.8, 4) is 0 Å². The largest absolute Gasteiger partial charge is 0.462 e. The molecule has 0 aromatic rings. The Labute approximate surface area is 110 Å². The van der Waals surface area contributed by atoms with Crippen LogP contribution in [0.3, 0.4) is 0 Å². The maximum Gasteiger partial charge on any atom is 0.316 e. The van der Waals surface area contributed by atoms with Gasteiger partial charge in [0.15, 0.2) is 0 Å². The Balaban J connectivity index is 2.48. The van der Waals surface area contributed by atoms with Crippen LogP contribution in [0.5, 0.6) is 0 Å². The summed E-state index contributed by atoms with van der Waals surface area (Å²) in [6, 6.07) is 0. The molecule has 1 rings (SSSR count). The van der Waals surface area contributed by atoms with Crippen LogP contribution in [0.4, 0.5) is 0 Å². The smallest absolute Gasteiger partial charge is 0.316 e. The molecule has 1 N–H and O–H groups in total. The van der Waals surface area contributed by atoms with Gasteiger partial charge in [-0.2, -0.15) is 0 Å². The number of carbonyl (C=O) groups excluding carboxylic acids is 1. The van der Waals surface area contributed by atoms with Crippen LogP contribution < -0.4 is 0 Å². The average molecular weight is 258 g/mol. The molecule has 1 saturated carbocycles. The Morgan fingerprint density at radius 1 is 1.33 bits per heavy atom. The Hall–Kier alpha value is -0.610. The normalized spacial score (nSPS) is 20.7. The van der Waals surface area contributed by atoms with Crippen molar-refractivity contribution in [3.63, 3.8) is 0 Å². The quantitative estimate of drug-likeness (QED) is 0.743. The van der Waals surface area contributed by atoms with Crippen LogP contribution in [0.25, 0.3) is 0 Å². The lowest BCUT2D eigenvalue weighted by molar-refractivity contribution is -0.169. The maximum atomic E-state index is 12.1. The maximum absolute atomic E-state index is 12.1. The molecular formula is C14H26O4. The van der Waals surface area contributed by atoms with E-state index in [1.807, 2.05) is 13.8 Å². The number of esters is 1. The van der Waals surface area contributed by atoms with E-state index < -0.39 is 5.41 Å². The summed E-state index contributed by atoms with van der Waals surface area (Å²) in [6.45, 7) is 5.47. The zero-order valence-electron chi connectivity index (χ0n) is 11.8. The van der Waals surface area contributed by atoms with Crippen LogP contribution in [0.15, 0.2) is 0 Å². The first-order chi connectivity index (χ1) is 8.48.